The third-order valence-corrected chi connectivity index (χ3v) is 14.1. The van der Waals surface area contributed by atoms with Crippen molar-refractivity contribution >= 4 is 99.6 Å². The zero-order valence-electron chi connectivity index (χ0n) is 35.4. The first kappa shape index (κ1) is 35.2. The molecule has 1 aliphatic carbocycles. The molecule has 0 radical (unpaired) electrons. The van der Waals surface area contributed by atoms with E-state index in [0.717, 1.165) is 24.2 Å². The minimum absolute atomic E-state index is 0.933. The van der Waals surface area contributed by atoms with Crippen molar-refractivity contribution < 1.29 is 0 Å². The summed E-state index contributed by atoms with van der Waals surface area (Å²) < 4.78 is 5.15. The summed E-state index contributed by atoms with van der Waals surface area (Å²) in [5, 5.41) is 9.13. The molecule has 0 unspecified atom stereocenters. The molecule has 4 aromatic heterocycles. The Kier molecular flexibility index (Phi) is 7.37. The van der Waals surface area contributed by atoms with Gasteiger partial charge in [0.05, 0.1) is 38.8 Å². The Labute approximate surface area is 360 Å². The molecule has 0 amide bonds. The lowest BCUT2D eigenvalue weighted by Gasteiger charge is -2.30. The van der Waals surface area contributed by atoms with Crippen LogP contribution in [-0.4, -0.2) is 8.80 Å². The number of anilines is 5. The van der Waals surface area contributed by atoms with Crippen molar-refractivity contribution in [3.05, 3.63) is 203 Å². The molecule has 0 saturated heterocycles. The number of fused-ring (bicyclic) bond motifs is 12. The van der Waals surface area contributed by atoms with Gasteiger partial charge >= 0.3 is 0 Å². The van der Waals surface area contributed by atoms with Crippen LogP contribution in [0.3, 0.4) is 0 Å². The summed E-state index contributed by atoms with van der Waals surface area (Å²) in [5.74, 6) is 0. The van der Waals surface area contributed by atoms with Crippen LogP contribution in [0.15, 0.2) is 170 Å². The van der Waals surface area contributed by atoms with Gasteiger partial charge in [-0.2, -0.15) is 0 Å². The molecule has 296 valence electrons. The maximum absolute atomic E-state index is 2.59. The van der Waals surface area contributed by atoms with Gasteiger partial charge in [0, 0.05) is 66.0 Å². The number of hydrogen-bond donors (Lipinski definition) is 0. The Balaban J connectivity index is 1.13. The Morgan fingerprint density at radius 2 is 0.919 bits per heavy atom. The third-order valence-electron chi connectivity index (χ3n) is 14.1. The fourth-order valence-electron chi connectivity index (χ4n) is 10.9. The Morgan fingerprint density at radius 3 is 1.60 bits per heavy atom. The molecular formula is C58H44N4. The number of aryl methyl sites for hydroxylation is 5. The SMILES string of the molecule is Cc1ccc(N(C2=c3c4ccccc4n4c3c(c3cc5c(cc34)c3ccc(N(c4ccccc4)c4ccc(C)c(C)c4)c4c6ccccc6n5c34)CC2)c2ccccc2)cc1C. The van der Waals surface area contributed by atoms with Crippen LogP contribution in [0.4, 0.5) is 28.4 Å². The van der Waals surface area contributed by atoms with Crippen LogP contribution in [-0.2, 0) is 6.42 Å². The van der Waals surface area contributed by atoms with Gasteiger partial charge < -0.3 is 18.6 Å². The van der Waals surface area contributed by atoms with Crippen LogP contribution in [0.25, 0.3) is 71.1 Å². The van der Waals surface area contributed by atoms with Gasteiger partial charge in [-0.3, -0.25) is 0 Å². The summed E-state index contributed by atoms with van der Waals surface area (Å²) in [6, 6.07) is 63.4. The lowest BCUT2D eigenvalue weighted by atomic mass is 9.95. The highest BCUT2D eigenvalue weighted by molar-refractivity contribution is 6.28. The predicted octanol–water partition coefficient (Wildman–Crippen LogP) is 14.7. The molecule has 0 bridgehead atoms. The molecule has 62 heavy (non-hydrogen) atoms. The smallest absolute Gasteiger partial charge is 0.0641 e. The van der Waals surface area contributed by atoms with E-state index >= 15 is 0 Å². The van der Waals surface area contributed by atoms with Crippen LogP contribution >= 0.6 is 0 Å². The van der Waals surface area contributed by atoms with E-state index in [2.05, 4.69) is 216 Å². The van der Waals surface area contributed by atoms with Gasteiger partial charge in [-0.15, -0.1) is 0 Å². The number of para-hydroxylation sites is 4. The van der Waals surface area contributed by atoms with Crippen molar-refractivity contribution in [3.63, 3.8) is 0 Å². The van der Waals surface area contributed by atoms with Crippen LogP contribution in [0.1, 0.15) is 34.2 Å². The summed E-state index contributed by atoms with van der Waals surface area (Å²) >= 11 is 0. The minimum atomic E-state index is 0.933. The summed E-state index contributed by atoms with van der Waals surface area (Å²) in [7, 11) is 0. The lowest BCUT2D eigenvalue weighted by Crippen LogP contribution is -2.26. The van der Waals surface area contributed by atoms with Gasteiger partial charge in [0.15, 0.2) is 0 Å². The van der Waals surface area contributed by atoms with Gasteiger partial charge in [0.25, 0.3) is 0 Å². The molecule has 0 N–H and O–H groups in total. The lowest BCUT2D eigenvalue weighted by molar-refractivity contribution is 0.980. The van der Waals surface area contributed by atoms with E-state index in [9.17, 15) is 0 Å². The van der Waals surface area contributed by atoms with E-state index in [1.54, 1.807) is 0 Å². The molecule has 4 nitrogen and oxygen atoms in total. The predicted molar refractivity (Wildman–Crippen MR) is 263 cm³/mol. The van der Waals surface area contributed by atoms with Gasteiger partial charge in [0.1, 0.15) is 0 Å². The Bertz CT molecular complexity index is 3850. The third kappa shape index (κ3) is 4.78. The zero-order valence-corrected chi connectivity index (χ0v) is 35.4. The topological polar surface area (TPSA) is 15.3 Å². The number of hydrogen-bond acceptors (Lipinski definition) is 2. The van der Waals surface area contributed by atoms with Gasteiger partial charge in [-0.05, 0) is 147 Å². The number of rotatable bonds is 6. The van der Waals surface area contributed by atoms with Gasteiger partial charge in [-0.1, -0.05) is 91.0 Å². The van der Waals surface area contributed by atoms with Gasteiger partial charge in [0.2, 0.25) is 0 Å². The van der Waals surface area contributed by atoms with Crippen LogP contribution < -0.4 is 15.0 Å². The molecule has 0 aliphatic heterocycles. The molecule has 4 heterocycles. The summed E-state index contributed by atoms with van der Waals surface area (Å²) in [5.41, 5.74) is 21.6. The molecule has 0 spiro atoms. The quantitative estimate of drug-likeness (QED) is 0.167. The largest absolute Gasteiger partial charge is 0.314 e. The summed E-state index contributed by atoms with van der Waals surface area (Å²) in [6.07, 6.45) is 1.89. The summed E-state index contributed by atoms with van der Waals surface area (Å²) in [4.78, 5) is 4.98. The highest BCUT2D eigenvalue weighted by atomic mass is 15.2. The maximum Gasteiger partial charge on any atom is 0.0641 e. The molecule has 0 atom stereocenters. The van der Waals surface area contributed by atoms with Crippen molar-refractivity contribution in [2.24, 2.45) is 0 Å². The summed E-state index contributed by atoms with van der Waals surface area (Å²) in [6.45, 7) is 8.84. The second-order valence-electron chi connectivity index (χ2n) is 17.5. The molecule has 4 heteroatoms. The highest BCUT2D eigenvalue weighted by Gasteiger charge is 2.30. The average molecular weight is 797 g/mol. The molecule has 0 saturated carbocycles. The van der Waals surface area contributed by atoms with E-state index in [4.69, 9.17) is 0 Å². The molecule has 12 aromatic rings. The number of aromatic nitrogens is 2. The van der Waals surface area contributed by atoms with E-state index in [0.29, 0.717) is 0 Å². The van der Waals surface area contributed by atoms with E-state index in [1.165, 1.54) is 121 Å². The van der Waals surface area contributed by atoms with Crippen molar-refractivity contribution in [3.8, 4) is 0 Å². The maximum atomic E-state index is 2.59. The molecule has 8 aromatic carbocycles. The normalized spacial score (nSPS) is 13.0. The highest BCUT2D eigenvalue weighted by Crippen LogP contribution is 2.49. The fourth-order valence-corrected chi connectivity index (χ4v) is 10.9. The Morgan fingerprint density at radius 1 is 0.371 bits per heavy atom. The van der Waals surface area contributed by atoms with Crippen LogP contribution in [0, 0.1) is 27.7 Å². The zero-order chi connectivity index (χ0) is 41.4. The van der Waals surface area contributed by atoms with Crippen LogP contribution in [0.2, 0.25) is 0 Å². The van der Waals surface area contributed by atoms with E-state index in [-0.39, 0.29) is 0 Å². The first-order valence-corrected chi connectivity index (χ1v) is 21.9. The molecular weight excluding hydrogens is 753 g/mol. The van der Waals surface area contributed by atoms with Crippen molar-refractivity contribution in [2.45, 2.75) is 40.5 Å². The average Bonchev–Trinajstić information content (AvgIpc) is 4.03. The minimum Gasteiger partial charge on any atom is -0.314 e. The van der Waals surface area contributed by atoms with Crippen molar-refractivity contribution in [1.29, 1.82) is 0 Å². The molecule has 0 fully saturated rings. The first-order chi connectivity index (χ1) is 30.4. The monoisotopic (exact) mass is 796 g/mol. The Hall–Kier alpha value is -7.56. The van der Waals surface area contributed by atoms with Crippen LogP contribution in [0.5, 0.6) is 0 Å². The van der Waals surface area contributed by atoms with Crippen molar-refractivity contribution in [2.75, 3.05) is 9.80 Å². The van der Waals surface area contributed by atoms with Gasteiger partial charge in [-0.25, -0.2) is 0 Å². The van der Waals surface area contributed by atoms with E-state index < -0.39 is 0 Å². The van der Waals surface area contributed by atoms with E-state index in [1.807, 2.05) is 0 Å². The second-order valence-corrected chi connectivity index (χ2v) is 17.5. The number of benzene rings is 8. The molecule has 13 rings (SSSR count). The second kappa shape index (κ2) is 13.0. The fraction of sp³-hybridized carbons (Fsp3) is 0.103. The first-order valence-electron chi connectivity index (χ1n) is 21.9. The van der Waals surface area contributed by atoms with Crippen molar-refractivity contribution in [1.82, 2.24) is 8.80 Å². The molecule has 1 aliphatic rings. The number of nitrogens with zero attached hydrogens (tertiary/aromatic N) is 4. The standard InChI is InChI=1S/C58H44N4/c1-35-23-25-41(31-37(35)3)59(39-15-7-5-8-16-39)51-29-27-43-47-33-54-48(34-53(47)61-49-21-13-11-19-45(49)55(51)57(43)61)44-28-30-52(56-46-20-12-14-22-50(46)62(54)58(44)56)60(40-17-9-6-10-18-40)42-26-24-36(2)38(4)32-42/h5-27,29,31-34H,28,30H2,1-4H3.